The Bertz CT molecular complexity index is 1140. The fraction of sp³-hybridized carbons (Fsp3) is 0.0952. The Labute approximate surface area is 155 Å². The molecule has 3 aromatic carbocycles. The van der Waals surface area contributed by atoms with Gasteiger partial charge in [0.25, 0.3) is 0 Å². The van der Waals surface area contributed by atoms with Gasteiger partial charge >= 0.3 is 5.69 Å². The van der Waals surface area contributed by atoms with Crippen LogP contribution in [0.25, 0.3) is 21.8 Å². The average Bonchev–Trinajstić information content (AvgIpc) is 2.67. The topological polar surface area (TPSA) is 74.5 Å². The van der Waals surface area contributed by atoms with Crippen LogP contribution in [0.1, 0.15) is 6.92 Å². The first-order valence-electron chi connectivity index (χ1n) is 8.54. The number of nitrogens with zero attached hydrogens (tertiary/aromatic N) is 2. The van der Waals surface area contributed by atoms with E-state index in [1.165, 1.54) is 0 Å². The highest BCUT2D eigenvalue weighted by Gasteiger charge is 2.27. The SMILES string of the molecule is CCOc1cc2nc3ccccc3cc2c(Oc2ccccc2)c1[N+](=O)[O-]. The molecule has 0 unspecified atom stereocenters. The summed E-state index contributed by atoms with van der Waals surface area (Å²) < 4.78 is 11.5. The molecule has 6 nitrogen and oxygen atoms in total. The summed E-state index contributed by atoms with van der Waals surface area (Å²) in [5.41, 5.74) is 1.17. The molecule has 134 valence electrons. The van der Waals surface area contributed by atoms with Crippen LogP contribution in [0.2, 0.25) is 0 Å². The molecule has 1 heterocycles. The molecule has 0 aliphatic rings. The van der Waals surface area contributed by atoms with Crippen LogP contribution in [0.4, 0.5) is 5.69 Å². The summed E-state index contributed by atoms with van der Waals surface area (Å²) in [6.45, 7) is 2.07. The van der Waals surface area contributed by atoms with Crippen molar-refractivity contribution in [2.45, 2.75) is 6.92 Å². The number of nitro benzene ring substituents is 1. The number of aromatic nitrogens is 1. The van der Waals surface area contributed by atoms with Gasteiger partial charge in [-0.1, -0.05) is 36.4 Å². The molecule has 0 amide bonds. The van der Waals surface area contributed by atoms with Crippen molar-refractivity contribution in [1.29, 1.82) is 0 Å². The molecule has 0 atom stereocenters. The first-order valence-corrected chi connectivity index (χ1v) is 8.54. The van der Waals surface area contributed by atoms with Crippen LogP contribution in [0, 0.1) is 10.1 Å². The molecule has 0 spiro atoms. The highest BCUT2D eigenvalue weighted by atomic mass is 16.6. The van der Waals surface area contributed by atoms with Gasteiger partial charge in [-0.05, 0) is 31.2 Å². The summed E-state index contributed by atoms with van der Waals surface area (Å²) in [7, 11) is 0. The monoisotopic (exact) mass is 360 g/mol. The number of fused-ring (bicyclic) bond motifs is 2. The van der Waals surface area contributed by atoms with Gasteiger partial charge in [0.2, 0.25) is 11.5 Å². The third-order valence-electron chi connectivity index (χ3n) is 4.16. The van der Waals surface area contributed by atoms with Crippen LogP contribution in [-0.2, 0) is 0 Å². The maximum atomic E-state index is 11.8. The zero-order chi connectivity index (χ0) is 18.8. The molecule has 0 radical (unpaired) electrons. The lowest BCUT2D eigenvalue weighted by Gasteiger charge is -2.13. The van der Waals surface area contributed by atoms with E-state index in [-0.39, 0.29) is 17.2 Å². The van der Waals surface area contributed by atoms with Crippen molar-refractivity contribution >= 4 is 27.5 Å². The zero-order valence-electron chi connectivity index (χ0n) is 14.6. The van der Waals surface area contributed by atoms with E-state index in [0.717, 1.165) is 10.9 Å². The van der Waals surface area contributed by atoms with Crippen LogP contribution < -0.4 is 9.47 Å². The van der Waals surface area contributed by atoms with Gasteiger partial charge in [-0.3, -0.25) is 10.1 Å². The van der Waals surface area contributed by atoms with E-state index >= 15 is 0 Å². The van der Waals surface area contributed by atoms with Crippen molar-refractivity contribution in [2.75, 3.05) is 6.61 Å². The van der Waals surface area contributed by atoms with Gasteiger partial charge in [0.05, 0.1) is 27.9 Å². The Balaban J connectivity index is 2.05. The third-order valence-corrected chi connectivity index (χ3v) is 4.16. The van der Waals surface area contributed by atoms with Gasteiger partial charge in [-0.2, -0.15) is 0 Å². The lowest BCUT2D eigenvalue weighted by molar-refractivity contribution is -0.386. The van der Waals surface area contributed by atoms with E-state index in [4.69, 9.17) is 9.47 Å². The van der Waals surface area contributed by atoms with E-state index in [2.05, 4.69) is 4.98 Å². The highest BCUT2D eigenvalue weighted by molar-refractivity contribution is 5.99. The van der Waals surface area contributed by atoms with E-state index in [1.807, 2.05) is 48.5 Å². The smallest absolute Gasteiger partial charge is 0.353 e. The minimum atomic E-state index is -0.474. The number of pyridine rings is 1. The second-order valence-electron chi connectivity index (χ2n) is 5.91. The molecular formula is C21H16N2O4. The quantitative estimate of drug-likeness (QED) is 0.267. The molecule has 27 heavy (non-hydrogen) atoms. The normalized spacial score (nSPS) is 10.9. The zero-order valence-corrected chi connectivity index (χ0v) is 14.6. The first kappa shape index (κ1) is 16.8. The fourth-order valence-electron chi connectivity index (χ4n) is 3.00. The summed E-state index contributed by atoms with van der Waals surface area (Å²) in [5, 5.41) is 13.3. The van der Waals surface area contributed by atoms with E-state index in [1.54, 1.807) is 25.1 Å². The molecule has 4 aromatic rings. The van der Waals surface area contributed by atoms with Crippen LogP contribution in [0.3, 0.4) is 0 Å². The Kier molecular flexibility index (Phi) is 4.30. The summed E-state index contributed by atoms with van der Waals surface area (Å²) in [5.74, 6) is 0.776. The Morgan fingerprint density at radius 2 is 1.74 bits per heavy atom. The van der Waals surface area contributed by atoms with Crippen molar-refractivity contribution in [3.63, 3.8) is 0 Å². The second kappa shape index (κ2) is 6.92. The van der Waals surface area contributed by atoms with Crippen LogP contribution >= 0.6 is 0 Å². The van der Waals surface area contributed by atoms with Crippen molar-refractivity contribution in [2.24, 2.45) is 0 Å². The maximum Gasteiger partial charge on any atom is 0.353 e. The van der Waals surface area contributed by atoms with Crippen molar-refractivity contribution < 1.29 is 14.4 Å². The minimum absolute atomic E-state index is 0.130. The number of benzene rings is 3. The molecule has 0 aliphatic heterocycles. The molecule has 0 N–H and O–H groups in total. The Hall–Kier alpha value is -3.67. The molecule has 0 fully saturated rings. The molecule has 4 rings (SSSR count). The number of hydrogen-bond donors (Lipinski definition) is 0. The standard InChI is InChI=1S/C21H16N2O4/c1-2-26-19-13-18-16(12-14-8-6-7-11-17(14)22-18)21(20(19)23(24)25)27-15-9-4-3-5-10-15/h3-13H,2H2,1H3. The Morgan fingerprint density at radius 1 is 1.00 bits per heavy atom. The summed E-state index contributed by atoms with van der Waals surface area (Å²) in [6, 6.07) is 20.0. The molecule has 0 bridgehead atoms. The van der Waals surface area contributed by atoms with E-state index < -0.39 is 4.92 Å². The fourth-order valence-corrected chi connectivity index (χ4v) is 3.00. The third kappa shape index (κ3) is 3.13. The number of hydrogen-bond acceptors (Lipinski definition) is 5. The van der Waals surface area contributed by atoms with Gasteiger partial charge in [0.1, 0.15) is 5.75 Å². The van der Waals surface area contributed by atoms with Gasteiger partial charge in [-0.15, -0.1) is 0 Å². The number of ether oxygens (including phenoxy) is 2. The van der Waals surface area contributed by atoms with Crippen molar-refractivity contribution in [3.8, 4) is 17.2 Å². The van der Waals surface area contributed by atoms with Crippen molar-refractivity contribution in [1.82, 2.24) is 4.98 Å². The van der Waals surface area contributed by atoms with Gasteiger partial charge < -0.3 is 9.47 Å². The maximum absolute atomic E-state index is 11.8. The predicted molar refractivity (Wildman–Crippen MR) is 104 cm³/mol. The first-order chi connectivity index (χ1) is 13.2. The summed E-state index contributed by atoms with van der Waals surface area (Å²) in [6.07, 6.45) is 0. The lowest BCUT2D eigenvalue weighted by Crippen LogP contribution is -2.01. The molecule has 0 saturated carbocycles. The van der Waals surface area contributed by atoms with Crippen molar-refractivity contribution in [3.05, 3.63) is 76.8 Å². The average molecular weight is 360 g/mol. The lowest BCUT2D eigenvalue weighted by atomic mass is 10.1. The highest BCUT2D eigenvalue weighted by Crippen LogP contribution is 2.45. The molecule has 1 aromatic heterocycles. The molecule has 6 heteroatoms. The molecule has 0 saturated heterocycles. The van der Waals surface area contributed by atoms with Crippen LogP contribution in [0.15, 0.2) is 66.7 Å². The summed E-state index contributed by atoms with van der Waals surface area (Å²) in [4.78, 5) is 16.0. The second-order valence-corrected chi connectivity index (χ2v) is 5.91. The van der Waals surface area contributed by atoms with Crippen LogP contribution in [-0.4, -0.2) is 16.5 Å². The van der Waals surface area contributed by atoms with E-state index in [9.17, 15) is 10.1 Å². The minimum Gasteiger partial charge on any atom is -0.487 e. The van der Waals surface area contributed by atoms with Gasteiger partial charge in [-0.25, -0.2) is 4.98 Å². The number of rotatable bonds is 5. The summed E-state index contributed by atoms with van der Waals surface area (Å²) >= 11 is 0. The van der Waals surface area contributed by atoms with Gasteiger partial charge in [0.15, 0.2) is 0 Å². The molecule has 0 aliphatic carbocycles. The molecular weight excluding hydrogens is 344 g/mol. The van der Waals surface area contributed by atoms with Gasteiger partial charge in [0, 0.05) is 11.5 Å². The van der Waals surface area contributed by atoms with Crippen LogP contribution in [0.5, 0.6) is 17.2 Å². The Morgan fingerprint density at radius 3 is 2.48 bits per heavy atom. The number of nitro groups is 1. The predicted octanol–water partition coefficient (Wildman–Crippen LogP) is 5.49. The van der Waals surface area contributed by atoms with E-state index in [0.29, 0.717) is 23.3 Å². The number of para-hydroxylation sites is 2. The largest absolute Gasteiger partial charge is 0.487 e.